The Morgan fingerprint density at radius 2 is 0.737 bits per heavy atom. The van der Waals surface area contributed by atoms with E-state index in [1.165, 1.54) is 205 Å². The van der Waals surface area contributed by atoms with Crippen LogP contribution in [-0.2, 0) is 14.3 Å². The lowest BCUT2D eigenvalue weighted by atomic mass is 10.0. The standard InChI is InChI=1S/C51H101NO5/c1-4-7-10-13-16-18-20-22-24-26-28-30-32-35-38-41-44-51(56)57-47(42-39-36-33-15-12-9-6-3)45-50(55)52-48(46-53)49(54)43-40-37-34-31-29-27-25-23-21-19-17-14-11-8-5-2/h47-49,53-54H,4-46H2,1-3H3,(H,52,55). The number of nitrogens with one attached hydrogen (secondary N) is 1. The van der Waals surface area contributed by atoms with Gasteiger partial charge in [-0.05, 0) is 25.7 Å². The molecule has 0 saturated carbocycles. The third-order valence-corrected chi connectivity index (χ3v) is 12.2. The number of ether oxygens (including phenoxy) is 1. The Morgan fingerprint density at radius 1 is 0.439 bits per heavy atom. The van der Waals surface area contributed by atoms with E-state index in [1.807, 2.05) is 0 Å². The summed E-state index contributed by atoms with van der Waals surface area (Å²) in [5.41, 5.74) is 0. The van der Waals surface area contributed by atoms with Gasteiger partial charge in [-0.2, -0.15) is 0 Å². The molecule has 0 aromatic rings. The van der Waals surface area contributed by atoms with Crippen LogP contribution in [0.2, 0.25) is 0 Å². The predicted octanol–water partition coefficient (Wildman–Crippen LogP) is 15.2. The second-order valence-corrected chi connectivity index (χ2v) is 17.9. The van der Waals surface area contributed by atoms with E-state index in [0.717, 1.165) is 38.5 Å². The molecule has 0 rings (SSSR count). The van der Waals surface area contributed by atoms with Gasteiger partial charge in [-0.25, -0.2) is 0 Å². The number of aliphatic hydroxyl groups excluding tert-OH is 2. The lowest BCUT2D eigenvalue weighted by Crippen LogP contribution is -2.46. The topological polar surface area (TPSA) is 95.9 Å². The number of hydrogen-bond acceptors (Lipinski definition) is 5. The van der Waals surface area contributed by atoms with Crippen LogP contribution in [0, 0.1) is 0 Å². The Labute approximate surface area is 356 Å². The number of esters is 1. The van der Waals surface area contributed by atoms with Crippen LogP contribution in [0.25, 0.3) is 0 Å². The van der Waals surface area contributed by atoms with Gasteiger partial charge >= 0.3 is 5.97 Å². The van der Waals surface area contributed by atoms with Gasteiger partial charge in [0.25, 0.3) is 0 Å². The number of hydrogen-bond donors (Lipinski definition) is 3. The molecule has 340 valence electrons. The average Bonchev–Trinajstić information content (AvgIpc) is 3.20. The van der Waals surface area contributed by atoms with Crippen LogP contribution in [0.15, 0.2) is 0 Å². The molecule has 0 fully saturated rings. The highest BCUT2D eigenvalue weighted by Crippen LogP contribution is 2.19. The molecular formula is C51H101NO5. The Balaban J connectivity index is 4.30. The van der Waals surface area contributed by atoms with Gasteiger partial charge in [-0.1, -0.05) is 252 Å². The third kappa shape index (κ3) is 41.4. The normalized spacial score (nSPS) is 13.1. The zero-order valence-electron chi connectivity index (χ0n) is 38.8. The molecule has 6 nitrogen and oxygen atoms in total. The van der Waals surface area contributed by atoms with E-state index in [-0.39, 0.29) is 24.9 Å². The van der Waals surface area contributed by atoms with Crippen molar-refractivity contribution in [1.82, 2.24) is 5.32 Å². The summed E-state index contributed by atoms with van der Waals surface area (Å²) >= 11 is 0. The Morgan fingerprint density at radius 3 is 1.07 bits per heavy atom. The number of rotatable bonds is 47. The maximum absolute atomic E-state index is 13.1. The van der Waals surface area contributed by atoms with Crippen LogP contribution in [-0.4, -0.2) is 46.9 Å². The highest BCUT2D eigenvalue weighted by atomic mass is 16.5. The van der Waals surface area contributed by atoms with Crippen LogP contribution in [0.1, 0.15) is 290 Å². The molecule has 3 unspecified atom stereocenters. The number of carbonyl (C=O) groups excluding carboxylic acids is 2. The summed E-state index contributed by atoms with van der Waals surface area (Å²) < 4.78 is 5.90. The zero-order valence-corrected chi connectivity index (χ0v) is 38.8. The number of amides is 1. The van der Waals surface area contributed by atoms with Crippen molar-refractivity contribution in [3.05, 3.63) is 0 Å². The summed E-state index contributed by atoms with van der Waals surface area (Å²) in [6.45, 7) is 6.48. The molecule has 3 atom stereocenters. The summed E-state index contributed by atoms with van der Waals surface area (Å²) in [6.07, 6.45) is 48.9. The van der Waals surface area contributed by atoms with Crippen LogP contribution < -0.4 is 5.32 Å². The van der Waals surface area contributed by atoms with Crippen molar-refractivity contribution in [2.45, 2.75) is 309 Å². The highest BCUT2D eigenvalue weighted by molar-refractivity contribution is 5.77. The Kier molecular flexibility index (Phi) is 45.0. The number of aliphatic hydroxyl groups is 2. The minimum atomic E-state index is -0.778. The first-order chi connectivity index (χ1) is 28.0. The first kappa shape index (κ1) is 55.9. The summed E-state index contributed by atoms with van der Waals surface area (Å²) in [5, 5.41) is 23.7. The molecule has 0 aromatic heterocycles. The van der Waals surface area contributed by atoms with Gasteiger partial charge in [-0.3, -0.25) is 9.59 Å². The van der Waals surface area contributed by atoms with Crippen LogP contribution >= 0.6 is 0 Å². The SMILES string of the molecule is CCCCCCCCCCCCCCCCCCC(=O)OC(CCCCCCCCC)CC(=O)NC(CO)C(O)CCCCCCCCCCCCCCCCC. The molecule has 0 saturated heterocycles. The monoisotopic (exact) mass is 808 g/mol. The van der Waals surface area contributed by atoms with Gasteiger partial charge in [0, 0.05) is 6.42 Å². The van der Waals surface area contributed by atoms with E-state index in [1.54, 1.807) is 0 Å². The second-order valence-electron chi connectivity index (χ2n) is 17.9. The van der Waals surface area contributed by atoms with E-state index in [4.69, 9.17) is 4.74 Å². The largest absolute Gasteiger partial charge is 0.462 e. The lowest BCUT2D eigenvalue weighted by molar-refractivity contribution is -0.151. The fraction of sp³-hybridized carbons (Fsp3) is 0.961. The van der Waals surface area contributed by atoms with Crippen LogP contribution in [0.4, 0.5) is 0 Å². The van der Waals surface area contributed by atoms with Crippen LogP contribution in [0.3, 0.4) is 0 Å². The van der Waals surface area contributed by atoms with Crippen molar-refractivity contribution in [3.63, 3.8) is 0 Å². The van der Waals surface area contributed by atoms with Gasteiger partial charge in [0.1, 0.15) is 6.10 Å². The van der Waals surface area contributed by atoms with Crippen molar-refractivity contribution in [3.8, 4) is 0 Å². The van der Waals surface area contributed by atoms with Gasteiger partial charge in [0.15, 0.2) is 0 Å². The molecular weight excluding hydrogens is 707 g/mol. The van der Waals surface area contributed by atoms with Crippen molar-refractivity contribution >= 4 is 11.9 Å². The summed E-state index contributed by atoms with van der Waals surface area (Å²) in [4.78, 5) is 26.0. The predicted molar refractivity (Wildman–Crippen MR) is 246 cm³/mol. The maximum atomic E-state index is 13.1. The molecule has 0 radical (unpaired) electrons. The first-order valence-electron chi connectivity index (χ1n) is 25.8. The van der Waals surface area contributed by atoms with Gasteiger partial charge in [0.05, 0.1) is 25.2 Å². The molecule has 0 aromatic carbocycles. The van der Waals surface area contributed by atoms with E-state index >= 15 is 0 Å². The number of carbonyl (C=O) groups is 2. The average molecular weight is 808 g/mol. The smallest absolute Gasteiger partial charge is 0.306 e. The minimum Gasteiger partial charge on any atom is -0.462 e. The summed E-state index contributed by atoms with van der Waals surface area (Å²) in [5.74, 6) is -0.458. The molecule has 0 aliphatic rings. The molecule has 0 aliphatic carbocycles. The van der Waals surface area contributed by atoms with Gasteiger partial charge < -0.3 is 20.3 Å². The Hall–Kier alpha value is -1.14. The van der Waals surface area contributed by atoms with Crippen molar-refractivity contribution in [2.24, 2.45) is 0 Å². The second kappa shape index (κ2) is 45.9. The number of unbranched alkanes of at least 4 members (excludes halogenated alkanes) is 35. The van der Waals surface area contributed by atoms with Gasteiger partial charge in [-0.15, -0.1) is 0 Å². The summed E-state index contributed by atoms with van der Waals surface area (Å²) in [7, 11) is 0. The zero-order chi connectivity index (χ0) is 41.7. The molecule has 1 amide bonds. The van der Waals surface area contributed by atoms with Crippen molar-refractivity contribution < 1.29 is 24.5 Å². The molecule has 3 N–H and O–H groups in total. The van der Waals surface area contributed by atoms with E-state index in [9.17, 15) is 19.8 Å². The van der Waals surface area contributed by atoms with Gasteiger partial charge in [0.2, 0.25) is 5.91 Å². The molecule has 0 aliphatic heterocycles. The quantitative estimate of drug-likeness (QED) is 0.0420. The first-order valence-corrected chi connectivity index (χ1v) is 25.8. The summed E-state index contributed by atoms with van der Waals surface area (Å²) in [6, 6.07) is -0.691. The third-order valence-electron chi connectivity index (χ3n) is 12.2. The molecule has 6 heteroatoms. The van der Waals surface area contributed by atoms with E-state index < -0.39 is 18.2 Å². The molecule has 0 spiro atoms. The minimum absolute atomic E-state index is 0.0860. The van der Waals surface area contributed by atoms with E-state index in [0.29, 0.717) is 19.3 Å². The molecule has 57 heavy (non-hydrogen) atoms. The highest BCUT2D eigenvalue weighted by Gasteiger charge is 2.24. The van der Waals surface area contributed by atoms with E-state index in [2.05, 4.69) is 26.1 Å². The van der Waals surface area contributed by atoms with Crippen molar-refractivity contribution in [1.29, 1.82) is 0 Å². The molecule has 0 heterocycles. The van der Waals surface area contributed by atoms with Crippen LogP contribution in [0.5, 0.6) is 0 Å². The fourth-order valence-electron chi connectivity index (χ4n) is 8.26. The Bertz CT molecular complexity index is 821. The van der Waals surface area contributed by atoms with Crippen molar-refractivity contribution in [2.75, 3.05) is 6.61 Å². The fourth-order valence-corrected chi connectivity index (χ4v) is 8.26. The maximum Gasteiger partial charge on any atom is 0.306 e. The molecule has 0 bridgehead atoms. The lowest BCUT2D eigenvalue weighted by Gasteiger charge is -2.24.